The fourth-order valence-electron chi connectivity index (χ4n) is 6.17. The minimum atomic E-state index is -0.944. The molecule has 4 aromatic rings. The van der Waals surface area contributed by atoms with Crippen LogP contribution in [0.2, 0.25) is 0 Å². The summed E-state index contributed by atoms with van der Waals surface area (Å²) >= 11 is 0. The molecule has 0 radical (unpaired) electrons. The number of esters is 2. The van der Waals surface area contributed by atoms with Crippen LogP contribution in [0.1, 0.15) is 40.2 Å². The van der Waals surface area contributed by atoms with Gasteiger partial charge in [0.1, 0.15) is 17.1 Å². The molecule has 37 heavy (non-hydrogen) atoms. The maximum absolute atomic E-state index is 14.0. The van der Waals surface area contributed by atoms with Crippen LogP contribution in [0.4, 0.5) is 0 Å². The predicted molar refractivity (Wildman–Crippen MR) is 141 cm³/mol. The molecule has 4 aromatic carbocycles. The van der Waals surface area contributed by atoms with E-state index < -0.39 is 17.5 Å². The summed E-state index contributed by atoms with van der Waals surface area (Å²) in [6, 6.07) is 25.3. The van der Waals surface area contributed by atoms with Crippen LogP contribution >= 0.6 is 0 Å². The summed E-state index contributed by atoms with van der Waals surface area (Å²) in [6.07, 6.45) is 1.70. The van der Waals surface area contributed by atoms with E-state index in [9.17, 15) is 9.59 Å². The topological polar surface area (TPSA) is 61.8 Å². The standard InChI is InChI=1S/C32H26O5/c1-4-30(33)36-28-15-16-29(22-11-6-5-10-21(22)28)37-31(34)27-18-23-20-9-7-8-12-25(20)32(27,35-3)26-14-13-19(2)17-24(23)26/h4-17,23,27H,1,18H2,2-3H3. The minimum absolute atomic E-state index is 0.0816. The number of fused-ring (bicyclic) bond motifs is 2. The molecule has 184 valence electrons. The van der Waals surface area contributed by atoms with E-state index in [0.29, 0.717) is 28.7 Å². The lowest BCUT2D eigenvalue weighted by Crippen LogP contribution is -2.52. The number of hydrogen-bond donors (Lipinski definition) is 0. The molecule has 0 aromatic heterocycles. The Morgan fingerprint density at radius 1 is 0.865 bits per heavy atom. The zero-order valence-corrected chi connectivity index (χ0v) is 20.7. The van der Waals surface area contributed by atoms with E-state index in [1.54, 1.807) is 19.2 Å². The van der Waals surface area contributed by atoms with Crippen LogP contribution in [0.15, 0.2) is 91.5 Å². The van der Waals surface area contributed by atoms with Gasteiger partial charge in [-0.3, -0.25) is 4.79 Å². The number of methoxy groups -OCH3 is 1. The van der Waals surface area contributed by atoms with Crippen molar-refractivity contribution in [3.8, 4) is 11.5 Å². The van der Waals surface area contributed by atoms with Crippen LogP contribution in [0.5, 0.6) is 11.5 Å². The van der Waals surface area contributed by atoms with Gasteiger partial charge in [0.15, 0.2) is 0 Å². The number of carbonyl (C=O) groups is 2. The lowest BCUT2D eigenvalue weighted by atomic mass is 9.56. The summed E-state index contributed by atoms with van der Waals surface area (Å²) < 4.78 is 17.8. The van der Waals surface area contributed by atoms with Gasteiger partial charge in [0.2, 0.25) is 0 Å². The van der Waals surface area contributed by atoms with Crippen LogP contribution in [0.3, 0.4) is 0 Å². The summed E-state index contributed by atoms with van der Waals surface area (Å²) in [6.45, 7) is 5.54. The third kappa shape index (κ3) is 3.42. The van der Waals surface area contributed by atoms with Crippen LogP contribution in [-0.4, -0.2) is 19.0 Å². The molecular formula is C32H26O5. The molecule has 0 saturated heterocycles. The van der Waals surface area contributed by atoms with Crippen LogP contribution in [0.25, 0.3) is 10.8 Å². The van der Waals surface area contributed by atoms with Gasteiger partial charge in [-0.25, -0.2) is 4.79 Å². The molecule has 3 aliphatic rings. The second-order valence-electron chi connectivity index (χ2n) is 9.61. The van der Waals surface area contributed by atoms with Crippen molar-refractivity contribution in [2.24, 2.45) is 5.92 Å². The highest BCUT2D eigenvalue weighted by molar-refractivity contribution is 5.97. The summed E-state index contributed by atoms with van der Waals surface area (Å²) in [5.41, 5.74) is 4.69. The van der Waals surface area contributed by atoms with Crippen molar-refractivity contribution in [2.45, 2.75) is 24.9 Å². The summed E-state index contributed by atoms with van der Waals surface area (Å²) in [7, 11) is 1.67. The van der Waals surface area contributed by atoms with Gasteiger partial charge >= 0.3 is 11.9 Å². The van der Waals surface area contributed by atoms with Gasteiger partial charge in [-0.05, 0) is 47.7 Å². The Balaban J connectivity index is 1.43. The number of rotatable bonds is 5. The number of ether oxygens (including phenoxy) is 3. The third-order valence-electron chi connectivity index (χ3n) is 7.72. The SMILES string of the molecule is C=CC(=O)Oc1ccc(OC(=O)C2CC3c4ccccc4C2(OC)c2ccc(C)cc23)c2ccccc12. The quantitative estimate of drug-likeness (QED) is 0.189. The molecule has 3 unspecified atom stereocenters. The minimum Gasteiger partial charge on any atom is -0.426 e. The smallest absolute Gasteiger partial charge is 0.335 e. The highest BCUT2D eigenvalue weighted by Crippen LogP contribution is 2.59. The lowest BCUT2D eigenvalue weighted by Gasteiger charge is -2.52. The Morgan fingerprint density at radius 3 is 2.22 bits per heavy atom. The molecular weight excluding hydrogens is 464 g/mol. The van der Waals surface area contributed by atoms with Crippen molar-refractivity contribution in [1.29, 1.82) is 0 Å². The van der Waals surface area contributed by atoms with Crippen molar-refractivity contribution in [1.82, 2.24) is 0 Å². The first kappa shape index (κ1) is 23.2. The van der Waals surface area contributed by atoms with Gasteiger partial charge in [0.05, 0.1) is 5.92 Å². The van der Waals surface area contributed by atoms with Gasteiger partial charge in [-0.15, -0.1) is 0 Å². The maximum Gasteiger partial charge on any atom is 0.335 e. The van der Waals surface area contributed by atoms with Crippen LogP contribution in [-0.2, 0) is 19.9 Å². The molecule has 0 N–H and O–H groups in total. The van der Waals surface area contributed by atoms with Crippen molar-refractivity contribution >= 4 is 22.7 Å². The maximum atomic E-state index is 14.0. The van der Waals surface area contributed by atoms with E-state index in [1.807, 2.05) is 36.4 Å². The summed E-state index contributed by atoms with van der Waals surface area (Å²) in [4.78, 5) is 25.8. The molecule has 0 aliphatic heterocycles. The van der Waals surface area contributed by atoms with Crippen molar-refractivity contribution in [2.75, 3.05) is 7.11 Å². The Kier molecular flexibility index (Phi) is 5.46. The first-order chi connectivity index (χ1) is 18.0. The molecule has 2 bridgehead atoms. The van der Waals surface area contributed by atoms with Gasteiger partial charge in [0.25, 0.3) is 0 Å². The third-order valence-corrected chi connectivity index (χ3v) is 7.72. The lowest BCUT2D eigenvalue weighted by molar-refractivity contribution is -0.152. The molecule has 3 atom stereocenters. The van der Waals surface area contributed by atoms with E-state index in [2.05, 4.69) is 43.8 Å². The predicted octanol–water partition coefficient (Wildman–Crippen LogP) is 6.20. The average Bonchev–Trinajstić information content (AvgIpc) is 2.93. The number of aryl methyl sites for hydroxylation is 1. The molecule has 5 heteroatoms. The Labute approximate surface area is 215 Å². The van der Waals surface area contributed by atoms with Crippen molar-refractivity contribution in [3.05, 3.63) is 119 Å². The van der Waals surface area contributed by atoms with Crippen LogP contribution in [0, 0.1) is 12.8 Å². The van der Waals surface area contributed by atoms with E-state index in [4.69, 9.17) is 14.2 Å². The van der Waals surface area contributed by atoms with Gasteiger partial charge in [-0.1, -0.05) is 78.9 Å². The fraction of sp³-hybridized carbons (Fsp3) is 0.188. The van der Waals surface area contributed by atoms with Gasteiger partial charge in [-0.2, -0.15) is 0 Å². The molecule has 0 spiro atoms. The second kappa shape index (κ2) is 8.71. The summed E-state index contributed by atoms with van der Waals surface area (Å²) in [5, 5.41) is 1.34. The van der Waals surface area contributed by atoms with Gasteiger partial charge < -0.3 is 14.2 Å². The highest BCUT2D eigenvalue weighted by atomic mass is 16.5. The molecule has 0 saturated carbocycles. The Bertz CT molecular complexity index is 1590. The van der Waals surface area contributed by atoms with Crippen molar-refractivity contribution < 1.29 is 23.8 Å². The van der Waals surface area contributed by atoms with E-state index in [1.165, 1.54) is 16.7 Å². The molecule has 5 nitrogen and oxygen atoms in total. The second-order valence-corrected chi connectivity index (χ2v) is 9.61. The number of carbonyl (C=O) groups excluding carboxylic acids is 2. The number of benzene rings is 4. The monoisotopic (exact) mass is 490 g/mol. The molecule has 7 rings (SSSR count). The number of hydrogen-bond acceptors (Lipinski definition) is 5. The first-order valence-electron chi connectivity index (χ1n) is 12.3. The molecule has 0 fully saturated rings. The van der Waals surface area contributed by atoms with Gasteiger partial charge in [0, 0.05) is 29.9 Å². The Morgan fingerprint density at radius 2 is 1.51 bits per heavy atom. The molecule has 3 aliphatic carbocycles. The molecule has 0 amide bonds. The normalized spacial score (nSPS) is 21.1. The zero-order chi connectivity index (χ0) is 25.7. The largest absolute Gasteiger partial charge is 0.426 e. The Hall–Kier alpha value is -4.22. The van der Waals surface area contributed by atoms with E-state index in [-0.39, 0.29) is 11.9 Å². The van der Waals surface area contributed by atoms with E-state index in [0.717, 1.165) is 17.2 Å². The first-order valence-corrected chi connectivity index (χ1v) is 12.3. The zero-order valence-electron chi connectivity index (χ0n) is 20.7. The average molecular weight is 491 g/mol. The van der Waals surface area contributed by atoms with Crippen LogP contribution < -0.4 is 9.47 Å². The summed E-state index contributed by atoms with van der Waals surface area (Å²) in [5.74, 6) is -0.577. The fourth-order valence-corrected chi connectivity index (χ4v) is 6.17. The highest BCUT2D eigenvalue weighted by Gasteiger charge is 2.58. The van der Waals surface area contributed by atoms with Crippen molar-refractivity contribution in [3.63, 3.8) is 0 Å². The molecule has 0 heterocycles. The van der Waals surface area contributed by atoms with E-state index >= 15 is 0 Å².